The highest BCUT2D eigenvalue weighted by atomic mass is 35.5. The van der Waals surface area contributed by atoms with Crippen LogP contribution in [0.25, 0.3) is 0 Å². The first kappa shape index (κ1) is 13.4. The van der Waals surface area contributed by atoms with Crippen LogP contribution < -0.4 is 16.8 Å². The van der Waals surface area contributed by atoms with Gasteiger partial charge in [0.15, 0.2) is 0 Å². The number of halogens is 1. The number of rotatable bonds is 3. The summed E-state index contributed by atoms with van der Waals surface area (Å²) in [5.74, 6) is -0.307. The summed E-state index contributed by atoms with van der Waals surface area (Å²) in [6.07, 6.45) is 0. The molecule has 19 heavy (non-hydrogen) atoms. The predicted molar refractivity (Wildman–Crippen MR) is 78.2 cm³/mol. The zero-order valence-corrected chi connectivity index (χ0v) is 10.9. The minimum absolute atomic E-state index is 0.307. The molecule has 98 valence electrons. The molecule has 2 aromatic carbocycles. The maximum absolute atomic E-state index is 12.2. The third kappa shape index (κ3) is 3.05. The number of carbonyl (C=O) groups excluding carboxylic acids is 1. The largest absolute Gasteiger partial charge is 0.399 e. The summed E-state index contributed by atoms with van der Waals surface area (Å²) in [5, 5.41) is 3.15. The van der Waals surface area contributed by atoms with Crippen LogP contribution in [0.5, 0.6) is 0 Å². The number of nitrogens with one attached hydrogen (secondary N) is 1. The minimum atomic E-state index is -0.307. The summed E-state index contributed by atoms with van der Waals surface area (Å²) >= 11 is 5.99. The van der Waals surface area contributed by atoms with Crippen molar-refractivity contribution in [3.8, 4) is 0 Å². The fourth-order valence-corrected chi connectivity index (χ4v) is 1.93. The number of amides is 1. The number of nitrogen functional groups attached to an aromatic ring is 1. The summed E-state index contributed by atoms with van der Waals surface area (Å²) in [5.41, 5.74) is 13.6. The van der Waals surface area contributed by atoms with Crippen LogP contribution in [0, 0.1) is 0 Å². The van der Waals surface area contributed by atoms with Crippen molar-refractivity contribution < 1.29 is 4.79 Å². The summed E-state index contributed by atoms with van der Waals surface area (Å²) in [7, 11) is 0. The molecule has 0 aromatic heterocycles. The zero-order chi connectivity index (χ0) is 13.8. The van der Waals surface area contributed by atoms with Gasteiger partial charge in [-0.3, -0.25) is 4.79 Å². The highest BCUT2D eigenvalue weighted by Gasteiger charge is 2.12. The number of carbonyl (C=O) groups is 1. The molecule has 2 rings (SSSR count). The Morgan fingerprint density at radius 1 is 1.21 bits per heavy atom. The lowest BCUT2D eigenvalue weighted by molar-refractivity contribution is 0.102. The van der Waals surface area contributed by atoms with Crippen molar-refractivity contribution >= 4 is 28.9 Å². The van der Waals surface area contributed by atoms with E-state index in [0.29, 0.717) is 28.5 Å². The Balaban J connectivity index is 2.28. The Hall–Kier alpha value is -2.04. The number of para-hydroxylation sites is 1. The van der Waals surface area contributed by atoms with Gasteiger partial charge < -0.3 is 16.8 Å². The minimum Gasteiger partial charge on any atom is -0.399 e. The number of anilines is 2. The molecule has 0 atom stereocenters. The first-order valence-electron chi connectivity index (χ1n) is 5.76. The van der Waals surface area contributed by atoms with Crippen LogP contribution in [0.2, 0.25) is 5.02 Å². The first-order chi connectivity index (χ1) is 9.11. The third-order valence-electron chi connectivity index (χ3n) is 2.72. The van der Waals surface area contributed by atoms with Gasteiger partial charge in [0, 0.05) is 17.9 Å². The van der Waals surface area contributed by atoms with E-state index < -0.39 is 0 Å². The van der Waals surface area contributed by atoms with E-state index in [0.717, 1.165) is 5.56 Å². The van der Waals surface area contributed by atoms with E-state index in [1.807, 2.05) is 18.2 Å². The molecular weight excluding hydrogens is 262 g/mol. The van der Waals surface area contributed by atoms with Crippen LogP contribution in [0.1, 0.15) is 15.9 Å². The molecular formula is C14H14ClN3O. The van der Waals surface area contributed by atoms with E-state index in [1.165, 1.54) is 0 Å². The Kier molecular flexibility index (Phi) is 4.04. The normalized spacial score (nSPS) is 10.2. The van der Waals surface area contributed by atoms with Gasteiger partial charge in [-0.1, -0.05) is 29.8 Å². The Labute approximate surface area is 116 Å². The van der Waals surface area contributed by atoms with Gasteiger partial charge in [0.1, 0.15) is 0 Å². The van der Waals surface area contributed by atoms with Crippen LogP contribution in [-0.4, -0.2) is 5.91 Å². The van der Waals surface area contributed by atoms with Crippen LogP contribution in [0.15, 0.2) is 42.5 Å². The lowest BCUT2D eigenvalue weighted by atomic mass is 10.1. The first-order valence-corrected chi connectivity index (χ1v) is 6.14. The lowest BCUT2D eigenvalue weighted by Crippen LogP contribution is -2.15. The van der Waals surface area contributed by atoms with Gasteiger partial charge in [0.2, 0.25) is 0 Å². The van der Waals surface area contributed by atoms with Gasteiger partial charge in [0.05, 0.1) is 10.6 Å². The van der Waals surface area contributed by atoms with Crippen molar-refractivity contribution in [2.75, 3.05) is 11.1 Å². The fraction of sp³-hybridized carbons (Fsp3) is 0.0714. The molecule has 4 nitrogen and oxygen atoms in total. The highest BCUT2D eigenvalue weighted by molar-refractivity contribution is 6.34. The topological polar surface area (TPSA) is 81.1 Å². The molecule has 0 radical (unpaired) electrons. The van der Waals surface area contributed by atoms with E-state index in [-0.39, 0.29) is 5.91 Å². The van der Waals surface area contributed by atoms with Crippen LogP contribution >= 0.6 is 11.6 Å². The molecule has 0 aliphatic heterocycles. The standard InChI is InChI=1S/C14H14ClN3O/c15-12-6-5-10(17)7-11(12)14(19)18-13-4-2-1-3-9(13)8-16/h1-7H,8,16-17H2,(H,18,19). The molecule has 5 N–H and O–H groups in total. The average Bonchev–Trinajstić information content (AvgIpc) is 2.42. The number of nitrogens with two attached hydrogens (primary N) is 2. The number of benzene rings is 2. The molecule has 0 aliphatic carbocycles. The van der Waals surface area contributed by atoms with Crippen molar-refractivity contribution in [1.29, 1.82) is 0 Å². The van der Waals surface area contributed by atoms with Crippen LogP contribution in [0.4, 0.5) is 11.4 Å². The van der Waals surface area contributed by atoms with Crippen molar-refractivity contribution in [3.63, 3.8) is 0 Å². The molecule has 0 saturated carbocycles. The quantitative estimate of drug-likeness (QED) is 0.753. The van der Waals surface area contributed by atoms with E-state index in [4.69, 9.17) is 23.1 Å². The van der Waals surface area contributed by atoms with E-state index >= 15 is 0 Å². The van der Waals surface area contributed by atoms with Crippen LogP contribution in [-0.2, 0) is 6.54 Å². The lowest BCUT2D eigenvalue weighted by Gasteiger charge is -2.10. The maximum Gasteiger partial charge on any atom is 0.257 e. The molecule has 0 fully saturated rings. The molecule has 0 aliphatic rings. The van der Waals surface area contributed by atoms with Gasteiger partial charge in [-0.2, -0.15) is 0 Å². The molecule has 5 heteroatoms. The van der Waals surface area contributed by atoms with Gasteiger partial charge in [-0.05, 0) is 29.8 Å². The summed E-state index contributed by atoms with van der Waals surface area (Å²) in [6.45, 7) is 0.348. The maximum atomic E-state index is 12.2. The number of hydrogen-bond acceptors (Lipinski definition) is 3. The molecule has 0 bridgehead atoms. The molecule has 0 unspecified atom stereocenters. The Bertz CT molecular complexity index is 613. The predicted octanol–water partition coefficient (Wildman–Crippen LogP) is 2.63. The summed E-state index contributed by atoms with van der Waals surface area (Å²) in [6, 6.07) is 12.1. The Morgan fingerprint density at radius 3 is 2.68 bits per heavy atom. The Morgan fingerprint density at radius 2 is 1.95 bits per heavy atom. The van der Waals surface area contributed by atoms with Crippen LogP contribution in [0.3, 0.4) is 0 Å². The van der Waals surface area contributed by atoms with Crippen molar-refractivity contribution in [2.24, 2.45) is 5.73 Å². The van der Waals surface area contributed by atoms with Crippen molar-refractivity contribution in [1.82, 2.24) is 0 Å². The molecule has 0 saturated heterocycles. The SMILES string of the molecule is NCc1ccccc1NC(=O)c1cc(N)ccc1Cl. The molecule has 2 aromatic rings. The molecule has 0 heterocycles. The monoisotopic (exact) mass is 275 g/mol. The average molecular weight is 276 g/mol. The zero-order valence-electron chi connectivity index (χ0n) is 10.2. The fourth-order valence-electron chi connectivity index (χ4n) is 1.73. The van der Waals surface area contributed by atoms with E-state index in [9.17, 15) is 4.79 Å². The third-order valence-corrected chi connectivity index (χ3v) is 3.05. The second kappa shape index (κ2) is 5.73. The molecule has 1 amide bonds. The van der Waals surface area contributed by atoms with Gasteiger partial charge >= 0.3 is 0 Å². The van der Waals surface area contributed by atoms with E-state index in [1.54, 1.807) is 24.3 Å². The summed E-state index contributed by atoms with van der Waals surface area (Å²) < 4.78 is 0. The van der Waals surface area contributed by atoms with Gasteiger partial charge in [-0.15, -0.1) is 0 Å². The van der Waals surface area contributed by atoms with Gasteiger partial charge in [0.25, 0.3) is 5.91 Å². The van der Waals surface area contributed by atoms with Gasteiger partial charge in [-0.25, -0.2) is 0 Å². The van der Waals surface area contributed by atoms with Crippen molar-refractivity contribution in [3.05, 3.63) is 58.6 Å². The second-order valence-electron chi connectivity index (χ2n) is 4.05. The molecule has 0 spiro atoms. The highest BCUT2D eigenvalue weighted by Crippen LogP contribution is 2.21. The van der Waals surface area contributed by atoms with Crippen molar-refractivity contribution in [2.45, 2.75) is 6.54 Å². The van der Waals surface area contributed by atoms with E-state index in [2.05, 4.69) is 5.32 Å². The number of hydrogen-bond donors (Lipinski definition) is 3. The smallest absolute Gasteiger partial charge is 0.257 e. The summed E-state index contributed by atoms with van der Waals surface area (Å²) in [4.78, 5) is 12.2. The second-order valence-corrected chi connectivity index (χ2v) is 4.46.